The Labute approximate surface area is 162 Å². The van der Waals surface area contributed by atoms with Crippen LogP contribution in [0.3, 0.4) is 0 Å². The average molecular weight is 372 g/mol. The number of pyridine rings is 1. The predicted molar refractivity (Wildman–Crippen MR) is 106 cm³/mol. The van der Waals surface area contributed by atoms with E-state index in [0.29, 0.717) is 12.1 Å². The van der Waals surface area contributed by atoms with Crippen molar-refractivity contribution in [2.24, 2.45) is 0 Å². The summed E-state index contributed by atoms with van der Waals surface area (Å²) in [5, 5.41) is 7.30. The zero-order valence-electron chi connectivity index (χ0n) is 15.3. The van der Waals surface area contributed by atoms with Crippen molar-refractivity contribution in [1.82, 2.24) is 29.6 Å². The van der Waals surface area contributed by atoms with E-state index in [1.54, 1.807) is 35.7 Å². The molecule has 0 aliphatic carbocycles. The molecule has 0 bridgehead atoms. The van der Waals surface area contributed by atoms with Crippen molar-refractivity contribution in [3.63, 3.8) is 0 Å². The summed E-state index contributed by atoms with van der Waals surface area (Å²) >= 11 is 0. The van der Waals surface area contributed by atoms with E-state index in [1.807, 2.05) is 53.4 Å². The number of benzene rings is 1. The third-order valence-corrected chi connectivity index (χ3v) is 4.36. The SMILES string of the molecule is O=C(NCCCn1ccnc1)c1ccc(-c2cnn(-c3ccccc3)c2)nc1. The molecule has 0 aliphatic heterocycles. The summed E-state index contributed by atoms with van der Waals surface area (Å²) in [6.07, 6.45) is 11.6. The van der Waals surface area contributed by atoms with Crippen LogP contribution in [0.4, 0.5) is 0 Å². The number of para-hydroxylation sites is 1. The van der Waals surface area contributed by atoms with Gasteiger partial charge in [0.05, 0.1) is 29.5 Å². The molecule has 0 fully saturated rings. The Balaban J connectivity index is 1.34. The Morgan fingerprint density at radius 2 is 1.96 bits per heavy atom. The zero-order chi connectivity index (χ0) is 19.2. The number of nitrogens with zero attached hydrogens (tertiary/aromatic N) is 5. The molecule has 0 spiro atoms. The van der Waals surface area contributed by atoms with Crippen molar-refractivity contribution in [2.75, 3.05) is 6.54 Å². The van der Waals surface area contributed by atoms with Crippen LogP contribution in [0.5, 0.6) is 0 Å². The Morgan fingerprint density at radius 3 is 2.71 bits per heavy atom. The van der Waals surface area contributed by atoms with E-state index < -0.39 is 0 Å². The summed E-state index contributed by atoms with van der Waals surface area (Å²) in [5.41, 5.74) is 3.21. The van der Waals surface area contributed by atoms with E-state index in [-0.39, 0.29) is 5.91 Å². The maximum atomic E-state index is 12.3. The molecular formula is C21H20N6O. The van der Waals surface area contributed by atoms with E-state index in [9.17, 15) is 4.79 Å². The first-order valence-corrected chi connectivity index (χ1v) is 9.10. The second kappa shape index (κ2) is 8.30. The van der Waals surface area contributed by atoms with Crippen LogP contribution in [0.15, 0.2) is 79.8 Å². The van der Waals surface area contributed by atoms with Crippen molar-refractivity contribution in [1.29, 1.82) is 0 Å². The summed E-state index contributed by atoms with van der Waals surface area (Å²) in [5.74, 6) is -0.121. The number of hydrogen-bond acceptors (Lipinski definition) is 4. The maximum absolute atomic E-state index is 12.3. The third kappa shape index (κ3) is 4.15. The van der Waals surface area contributed by atoms with E-state index in [4.69, 9.17) is 0 Å². The molecule has 1 amide bonds. The van der Waals surface area contributed by atoms with Gasteiger partial charge in [-0.1, -0.05) is 18.2 Å². The molecule has 3 heterocycles. The molecular weight excluding hydrogens is 352 g/mol. The highest BCUT2D eigenvalue weighted by molar-refractivity contribution is 5.94. The van der Waals surface area contributed by atoms with Crippen molar-refractivity contribution < 1.29 is 4.79 Å². The number of nitrogens with one attached hydrogen (secondary N) is 1. The van der Waals surface area contributed by atoms with Gasteiger partial charge in [-0.3, -0.25) is 9.78 Å². The Bertz CT molecular complexity index is 1020. The summed E-state index contributed by atoms with van der Waals surface area (Å²) in [4.78, 5) is 20.7. The van der Waals surface area contributed by atoms with Crippen molar-refractivity contribution in [2.45, 2.75) is 13.0 Å². The van der Waals surface area contributed by atoms with Gasteiger partial charge in [0.25, 0.3) is 5.91 Å². The number of rotatable bonds is 7. The molecule has 4 aromatic rings. The minimum atomic E-state index is -0.121. The Kier molecular flexibility index (Phi) is 5.24. The molecule has 1 N–H and O–H groups in total. The minimum absolute atomic E-state index is 0.121. The number of carbonyl (C=O) groups is 1. The van der Waals surface area contributed by atoms with Crippen LogP contribution in [-0.2, 0) is 6.54 Å². The first-order chi connectivity index (χ1) is 13.8. The van der Waals surface area contributed by atoms with E-state index in [1.165, 1.54) is 0 Å². The monoisotopic (exact) mass is 372 g/mol. The van der Waals surface area contributed by atoms with Crippen LogP contribution < -0.4 is 5.32 Å². The maximum Gasteiger partial charge on any atom is 0.252 e. The van der Waals surface area contributed by atoms with Gasteiger partial charge < -0.3 is 9.88 Å². The van der Waals surface area contributed by atoms with Crippen molar-refractivity contribution >= 4 is 5.91 Å². The number of aromatic nitrogens is 5. The predicted octanol–water partition coefficient (Wildman–Crippen LogP) is 2.95. The lowest BCUT2D eigenvalue weighted by Gasteiger charge is -2.06. The van der Waals surface area contributed by atoms with Gasteiger partial charge in [0, 0.05) is 43.4 Å². The largest absolute Gasteiger partial charge is 0.352 e. The van der Waals surface area contributed by atoms with Gasteiger partial charge in [-0.15, -0.1) is 0 Å². The minimum Gasteiger partial charge on any atom is -0.352 e. The number of carbonyl (C=O) groups excluding carboxylic acids is 1. The Hall–Kier alpha value is -3.74. The third-order valence-electron chi connectivity index (χ3n) is 4.36. The smallest absolute Gasteiger partial charge is 0.252 e. The Morgan fingerprint density at radius 1 is 1.07 bits per heavy atom. The molecule has 0 unspecified atom stereocenters. The fourth-order valence-corrected chi connectivity index (χ4v) is 2.86. The second-order valence-corrected chi connectivity index (χ2v) is 6.35. The lowest BCUT2D eigenvalue weighted by molar-refractivity contribution is 0.0952. The summed E-state index contributed by atoms with van der Waals surface area (Å²) < 4.78 is 3.79. The molecule has 4 rings (SSSR count). The second-order valence-electron chi connectivity index (χ2n) is 6.35. The highest BCUT2D eigenvalue weighted by Crippen LogP contribution is 2.18. The first kappa shape index (κ1) is 17.7. The normalized spacial score (nSPS) is 10.7. The van der Waals surface area contributed by atoms with Crippen LogP contribution in [0.2, 0.25) is 0 Å². The van der Waals surface area contributed by atoms with E-state index in [0.717, 1.165) is 29.9 Å². The van der Waals surface area contributed by atoms with Crippen LogP contribution in [0.25, 0.3) is 16.9 Å². The quantitative estimate of drug-likeness (QED) is 0.506. The molecule has 0 atom stereocenters. The van der Waals surface area contributed by atoms with Gasteiger partial charge in [-0.05, 0) is 30.7 Å². The van der Waals surface area contributed by atoms with Gasteiger partial charge in [-0.25, -0.2) is 9.67 Å². The van der Waals surface area contributed by atoms with Gasteiger partial charge in [0.15, 0.2) is 0 Å². The fourth-order valence-electron chi connectivity index (χ4n) is 2.86. The lowest BCUT2D eigenvalue weighted by atomic mass is 10.2. The van der Waals surface area contributed by atoms with Crippen molar-refractivity contribution in [3.8, 4) is 16.9 Å². The molecule has 140 valence electrons. The zero-order valence-corrected chi connectivity index (χ0v) is 15.3. The molecule has 3 aromatic heterocycles. The van der Waals surface area contributed by atoms with Crippen molar-refractivity contribution in [3.05, 3.63) is 85.3 Å². The summed E-state index contributed by atoms with van der Waals surface area (Å²) in [6.45, 7) is 1.42. The number of imidazole rings is 1. The molecule has 0 saturated heterocycles. The molecule has 0 saturated carbocycles. The topological polar surface area (TPSA) is 77.6 Å². The highest BCUT2D eigenvalue weighted by Gasteiger charge is 2.08. The number of amides is 1. The van der Waals surface area contributed by atoms with E-state index in [2.05, 4.69) is 20.4 Å². The fraction of sp³-hybridized carbons (Fsp3) is 0.143. The summed E-state index contributed by atoms with van der Waals surface area (Å²) in [6, 6.07) is 13.5. The van der Waals surface area contributed by atoms with Gasteiger partial charge in [0.2, 0.25) is 0 Å². The molecule has 7 nitrogen and oxygen atoms in total. The van der Waals surface area contributed by atoms with Gasteiger partial charge in [-0.2, -0.15) is 5.10 Å². The molecule has 0 radical (unpaired) electrons. The van der Waals surface area contributed by atoms with Gasteiger partial charge in [0.1, 0.15) is 0 Å². The number of hydrogen-bond donors (Lipinski definition) is 1. The van der Waals surface area contributed by atoms with Crippen LogP contribution >= 0.6 is 0 Å². The van der Waals surface area contributed by atoms with E-state index >= 15 is 0 Å². The van der Waals surface area contributed by atoms with Crippen LogP contribution in [0.1, 0.15) is 16.8 Å². The standard InChI is InChI=1S/C21H20N6O/c28-21(23-9-4-11-26-12-10-22-16-26)17-7-8-20(24-13-17)18-14-25-27(15-18)19-5-2-1-3-6-19/h1-3,5-8,10,12-16H,4,9,11H2,(H,23,28). The average Bonchev–Trinajstić information content (AvgIpc) is 3.44. The molecule has 1 aromatic carbocycles. The van der Waals surface area contributed by atoms with Gasteiger partial charge >= 0.3 is 0 Å². The molecule has 28 heavy (non-hydrogen) atoms. The van der Waals surface area contributed by atoms with Crippen LogP contribution in [-0.4, -0.2) is 36.8 Å². The first-order valence-electron chi connectivity index (χ1n) is 9.10. The lowest BCUT2D eigenvalue weighted by Crippen LogP contribution is -2.25. The van der Waals surface area contributed by atoms with Crippen LogP contribution in [0, 0.1) is 0 Å². The highest BCUT2D eigenvalue weighted by atomic mass is 16.1. The summed E-state index contributed by atoms with van der Waals surface area (Å²) in [7, 11) is 0. The molecule has 7 heteroatoms. The molecule has 0 aliphatic rings. The number of aryl methyl sites for hydroxylation is 1.